The summed E-state index contributed by atoms with van der Waals surface area (Å²) < 4.78 is 1.66. The molecule has 28 heavy (non-hydrogen) atoms. The van der Waals surface area contributed by atoms with E-state index < -0.39 is 0 Å². The first-order chi connectivity index (χ1) is 13.5. The van der Waals surface area contributed by atoms with Crippen LogP contribution in [0.15, 0.2) is 48.7 Å². The molecule has 0 fully saturated rings. The van der Waals surface area contributed by atoms with Crippen LogP contribution in [-0.4, -0.2) is 27.7 Å². The van der Waals surface area contributed by atoms with E-state index in [4.69, 9.17) is 0 Å². The zero-order valence-corrected chi connectivity index (χ0v) is 16.5. The Morgan fingerprint density at radius 2 is 1.82 bits per heavy atom. The number of benzene rings is 1. The average molecular weight is 378 g/mol. The number of hydrogen-bond donors (Lipinski definition) is 2. The van der Waals surface area contributed by atoms with Crippen LogP contribution in [0.4, 0.5) is 5.69 Å². The summed E-state index contributed by atoms with van der Waals surface area (Å²) in [6.07, 6.45) is 3.44. The van der Waals surface area contributed by atoms with Crippen LogP contribution in [0.1, 0.15) is 53.9 Å². The highest BCUT2D eigenvalue weighted by Crippen LogP contribution is 2.19. The van der Waals surface area contributed by atoms with Crippen molar-refractivity contribution in [2.45, 2.75) is 33.6 Å². The summed E-state index contributed by atoms with van der Waals surface area (Å²) in [5, 5.41) is 5.82. The minimum atomic E-state index is -0.328. The van der Waals surface area contributed by atoms with Gasteiger partial charge in [-0.3, -0.25) is 14.0 Å². The van der Waals surface area contributed by atoms with Crippen LogP contribution < -0.4 is 10.6 Å². The summed E-state index contributed by atoms with van der Waals surface area (Å²) in [4.78, 5) is 29.9. The molecule has 2 amide bonds. The lowest BCUT2D eigenvalue weighted by atomic mass is 10.1. The summed E-state index contributed by atoms with van der Waals surface area (Å²) in [5.74, 6) is 0.103. The normalized spacial score (nSPS) is 11.0. The van der Waals surface area contributed by atoms with E-state index >= 15 is 0 Å². The molecule has 2 N–H and O–H groups in total. The van der Waals surface area contributed by atoms with Crippen LogP contribution >= 0.6 is 0 Å². The quantitative estimate of drug-likeness (QED) is 0.654. The van der Waals surface area contributed by atoms with Crippen LogP contribution in [0.3, 0.4) is 0 Å². The van der Waals surface area contributed by atoms with Gasteiger partial charge >= 0.3 is 0 Å². The molecule has 0 aliphatic heterocycles. The number of carbonyl (C=O) groups is 2. The Morgan fingerprint density at radius 3 is 2.57 bits per heavy atom. The number of fused-ring (bicyclic) bond motifs is 1. The number of imidazole rings is 1. The molecule has 1 aromatic carbocycles. The van der Waals surface area contributed by atoms with Gasteiger partial charge in [0.05, 0.1) is 5.52 Å². The average Bonchev–Trinajstić information content (AvgIpc) is 3.08. The maximum Gasteiger partial charge on any atom is 0.287 e. The van der Waals surface area contributed by atoms with Crippen molar-refractivity contribution in [3.05, 3.63) is 65.7 Å². The van der Waals surface area contributed by atoms with Gasteiger partial charge in [0.15, 0.2) is 5.69 Å². The fourth-order valence-corrected chi connectivity index (χ4v) is 3.05. The summed E-state index contributed by atoms with van der Waals surface area (Å²) >= 11 is 0. The fourth-order valence-electron chi connectivity index (χ4n) is 3.05. The van der Waals surface area contributed by atoms with Gasteiger partial charge in [-0.05, 0) is 42.5 Å². The molecule has 0 saturated heterocycles. The maximum absolute atomic E-state index is 12.9. The molecule has 0 unspecified atom stereocenters. The predicted octanol–water partition coefficient (Wildman–Crippen LogP) is 3.92. The number of carbonyl (C=O) groups excluding carboxylic acids is 2. The van der Waals surface area contributed by atoms with Crippen LogP contribution in [-0.2, 0) is 6.42 Å². The van der Waals surface area contributed by atoms with Crippen LogP contribution in [0.5, 0.6) is 0 Å². The number of hydrogen-bond acceptors (Lipinski definition) is 3. The largest absolute Gasteiger partial charge is 0.349 e. The first-order valence-electron chi connectivity index (χ1n) is 9.65. The van der Waals surface area contributed by atoms with Crippen molar-refractivity contribution in [1.82, 2.24) is 14.7 Å². The molecule has 6 nitrogen and oxygen atoms in total. The highest BCUT2D eigenvalue weighted by Gasteiger charge is 2.21. The molecule has 0 aliphatic carbocycles. The topological polar surface area (TPSA) is 75.5 Å². The number of para-hydroxylation sites is 1. The smallest absolute Gasteiger partial charge is 0.287 e. The molecule has 2 heterocycles. The Morgan fingerprint density at radius 1 is 1.07 bits per heavy atom. The molecule has 146 valence electrons. The number of pyridine rings is 1. The minimum Gasteiger partial charge on any atom is -0.349 e. The molecule has 0 spiro atoms. The lowest BCUT2D eigenvalue weighted by Gasteiger charge is -2.08. The van der Waals surface area contributed by atoms with Gasteiger partial charge in [0.2, 0.25) is 5.82 Å². The summed E-state index contributed by atoms with van der Waals surface area (Å²) in [5.41, 5.74) is 2.64. The summed E-state index contributed by atoms with van der Waals surface area (Å²) in [7, 11) is 0. The van der Waals surface area contributed by atoms with Crippen LogP contribution in [0.2, 0.25) is 0 Å². The first kappa shape index (κ1) is 19.6. The standard InChI is InChI=1S/C22H26N4O2/c1-4-16-9-5-6-10-17(16)24-21(27)19-18-11-7-8-14-26(18)20(25-19)22(28)23-13-12-15(2)3/h5-11,14-15H,4,12-13H2,1-3H3,(H,23,28)(H,24,27). The SMILES string of the molecule is CCc1ccccc1NC(=O)c1nc(C(=O)NCCC(C)C)n2ccccc12. The van der Waals surface area contributed by atoms with Crippen molar-refractivity contribution < 1.29 is 9.59 Å². The molecule has 0 aliphatic rings. The van der Waals surface area contributed by atoms with Gasteiger partial charge in [0.25, 0.3) is 11.8 Å². The van der Waals surface area contributed by atoms with E-state index in [1.807, 2.05) is 43.3 Å². The second-order valence-electron chi connectivity index (χ2n) is 7.14. The lowest BCUT2D eigenvalue weighted by Crippen LogP contribution is -2.27. The van der Waals surface area contributed by atoms with E-state index in [1.54, 1.807) is 16.7 Å². The number of amides is 2. The second-order valence-corrected chi connectivity index (χ2v) is 7.14. The predicted molar refractivity (Wildman–Crippen MR) is 111 cm³/mol. The zero-order valence-electron chi connectivity index (χ0n) is 16.5. The number of aromatic nitrogens is 2. The molecular weight excluding hydrogens is 352 g/mol. The van der Waals surface area contributed by atoms with Gasteiger partial charge < -0.3 is 10.6 Å². The van der Waals surface area contributed by atoms with Crippen molar-refractivity contribution in [1.29, 1.82) is 0 Å². The lowest BCUT2D eigenvalue weighted by molar-refractivity contribution is 0.0941. The summed E-state index contributed by atoms with van der Waals surface area (Å²) in [6, 6.07) is 13.1. The van der Waals surface area contributed by atoms with Gasteiger partial charge in [0.1, 0.15) is 0 Å². The molecule has 0 bridgehead atoms. The molecule has 6 heteroatoms. The molecule has 3 aromatic rings. The fraction of sp³-hybridized carbons (Fsp3) is 0.318. The third-order valence-corrected chi connectivity index (χ3v) is 4.62. The number of nitrogens with one attached hydrogen (secondary N) is 2. The highest BCUT2D eigenvalue weighted by molar-refractivity contribution is 6.09. The van der Waals surface area contributed by atoms with Gasteiger partial charge in [-0.1, -0.05) is 45.0 Å². The van der Waals surface area contributed by atoms with E-state index in [1.165, 1.54) is 0 Å². The Balaban J connectivity index is 1.89. The van der Waals surface area contributed by atoms with E-state index in [0.29, 0.717) is 18.0 Å². The van der Waals surface area contributed by atoms with Gasteiger partial charge in [-0.25, -0.2) is 4.98 Å². The maximum atomic E-state index is 12.9. The third-order valence-electron chi connectivity index (χ3n) is 4.62. The van der Waals surface area contributed by atoms with E-state index in [2.05, 4.69) is 29.5 Å². The number of rotatable bonds is 7. The van der Waals surface area contributed by atoms with E-state index in [-0.39, 0.29) is 23.3 Å². The molecule has 0 atom stereocenters. The van der Waals surface area contributed by atoms with Crippen LogP contribution in [0.25, 0.3) is 5.52 Å². The monoisotopic (exact) mass is 378 g/mol. The Kier molecular flexibility index (Phi) is 6.09. The zero-order chi connectivity index (χ0) is 20.1. The number of nitrogens with zero attached hydrogens (tertiary/aromatic N) is 2. The third kappa shape index (κ3) is 4.22. The Bertz CT molecular complexity index is 991. The number of anilines is 1. The van der Waals surface area contributed by atoms with Crippen molar-refractivity contribution in [3.63, 3.8) is 0 Å². The number of aryl methyl sites for hydroxylation is 1. The minimum absolute atomic E-state index is 0.216. The second kappa shape index (κ2) is 8.69. The molecule has 0 saturated carbocycles. The van der Waals surface area contributed by atoms with Crippen molar-refractivity contribution in [3.8, 4) is 0 Å². The van der Waals surface area contributed by atoms with Crippen molar-refractivity contribution in [2.24, 2.45) is 5.92 Å². The summed E-state index contributed by atoms with van der Waals surface area (Å²) in [6.45, 7) is 6.82. The van der Waals surface area contributed by atoms with Crippen LogP contribution in [0, 0.1) is 5.92 Å². The molecule has 3 rings (SSSR count). The molecule has 0 radical (unpaired) electrons. The Hall–Kier alpha value is -3.15. The van der Waals surface area contributed by atoms with Gasteiger partial charge in [0, 0.05) is 18.4 Å². The van der Waals surface area contributed by atoms with Gasteiger partial charge in [-0.15, -0.1) is 0 Å². The van der Waals surface area contributed by atoms with E-state index in [9.17, 15) is 9.59 Å². The molecular formula is C22H26N4O2. The van der Waals surface area contributed by atoms with E-state index in [0.717, 1.165) is 24.1 Å². The highest BCUT2D eigenvalue weighted by atomic mass is 16.2. The van der Waals surface area contributed by atoms with Crippen molar-refractivity contribution in [2.75, 3.05) is 11.9 Å². The Labute approximate surface area is 165 Å². The first-order valence-corrected chi connectivity index (χ1v) is 9.65. The van der Waals surface area contributed by atoms with Crippen molar-refractivity contribution >= 4 is 23.0 Å². The molecule has 2 aromatic heterocycles. The van der Waals surface area contributed by atoms with Gasteiger partial charge in [-0.2, -0.15) is 0 Å².